The van der Waals surface area contributed by atoms with Crippen LogP contribution in [0.2, 0.25) is 0 Å². The van der Waals surface area contributed by atoms with Gasteiger partial charge in [-0.2, -0.15) is 0 Å². The van der Waals surface area contributed by atoms with Crippen molar-refractivity contribution >= 4 is 5.91 Å². The van der Waals surface area contributed by atoms with Gasteiger partial charge in [0.2, 0.25) is 5.91 Å². The van der Waals surface area contributed by atoms with Crippen molar-refractivity contribution in [2.24, 2.45) is 0 Å². The van der Waals surface area contributed by atoms with E-state index in [4.69, 9.17) is 4.74 Å². The minimum absolute atomic E-state index is 0.0997. The smallest absolute Gasteiger partial charge is 0.226 e. The van der Waals surface area contributed by atoms with Crippen molar-refractivity contribution < 1.29 is 9.53 Å². The Hall–Kier alpha value is -3.85. The van der Waals surface area contributed by atoms with E-state index in [-0.39, 0.29) is 11.9 Å². The van der Waals surface area contributed by atoms with Gasteiger partial charge in [0.1, 0.15) is 12.4 Å². The molecule has 0 saturated heterocycles. The van der Waals surface area contributed by atoms with E-state index in [0.29, 0.717) is 13.0 Å². The number of amides is 1. The number of nitrogens with zero attached hydrogens (tertiary/aromatic N) is 1. The number of likely N-dealkylation sites (N-methyl/N-ethyl adjacent to an activating group) is 1. The second kappa shape index (κ2) is 11.3. The van der Waals surface area contributed by atoms with Crippen LogP contribution >= 0.6 is 0 Å². The van der Waals surface area contributed by atoms with Gasteiger partial charge in [0, 0.05) is 13.1 Å². The molecule has 0 heterocycles. The lowest BCUT2D eigenvalue weighted by molar-refractivity contribution is -0.130. The molecule has 0 unspecified atom stereocenters. The standard InChI is InChI=1S/C31H31NO2/c1-24(18-25-12-6-3-7-13-25)32(2)31(33)21-27-19-29(28-16-10-5-11-17-28)22-30(20-27)34-23-26-14-8-4-9-15-26/h3-17,19-20,22,24H,18,21,23H2,1-2H3/t24-/m1/s1. The van der Waals surface area contributed by atoms with Crippen LogP contribution in [-0.2, 0) is 24.2 Å². The first-order valence-corrected chi connectivity index (χ1v) is 11.7. The molecule has 0 radical (unpaired) electrons. The van der Waals surface area contributed by atoms with Crippen molar-refractivity contribution in [3.05, 3.63) is 126 Å². The highest BCUT2D eigenvalue weighted by Crippen LogP contribution is 2.27. The van der Waals surface area contributed by atoms with Crippen molar-refractivity contribution in [1.82, 2.24) is 4.90 Å². The summed E-state index contributed by atoms with van der Waals surface area (Å²) in [5, 5.41) is 0. The number of rotatable bonds is 9. The molecule has 34 heavy (non-hydrogen) atoms. The first-order chi connectivity index (χ1) is 16.6. The topological polar surface area (TPSA) is 29.5 Å². The highest BCUT2D eigenvalue weighted by molar-refractivity contribution is 5.80. The summed E-state index contributed by atoms with van der Waals surface area (Å²) in [4.78, 5) is 15.0. The average Bonchev–Trinajstić information content (AvgIpc) is 2.88. The maximum absolute atomic E-state index is 13.2. The molecule has 3 nitrogen and oxygen atoms in total. The van der Waals surface area contributed by atoms with Crippen LogP contribution in [0, 0.1) is 0 Å². The van der Waals surface area contributed by atoms with E-state index in [1.54, 1.807) is 0 Å². The zero-order valence-corrected chi connectivity index (χ0v) is 19.9. The summed E-state index contributed by atoms with van der Waals surface area (Å²) in [6.07, 6.45) is 1.16. The van der Waals surface area contributed by atoms with E-state index >= 15 is 0 Å². The SMILES string of the molecule is C[C@H](Cc1ccccc1)N(C)C(=O)Cc1cc(OCc2ccccc2)cc(-c2ccccc2)c1. The molecule has 0 saturated carbocycles. The Bertz CT molecular complexity index is 1190. The van der Waals surface area contributed by atoms with Crippen LogP contribution < -0.4 is 4.74 Å². The third kappa shape index (κ3) is 6.35. The molecule has 4 rings (SSSR count). The van der Waals surface area contributed by atoms with Gasteiger partial charge in [-0.05, 0) is 53.3 Å². The molecule has 0 aliphatic carbocycles. The van der Waals surface area contributed by atoms with E-state index in [0.717, 1.165) is 34.4 Å². The Morgan fingerprint density at radius 1 is 0.735 bits per heavy atom. The minimum atomic E-state index is 0.0997. The Morgan fingerprint density at radius 3 is 1.97 bits per heavy atom. The molecule has 0 fully saturated rings. The van der Waals surface area contributed by atoms with Gasteiger partial charge >= 0.3 is 0 Å². The zero-order valence-electron chi connectivity index (χ0n) is 19.9. The fourth-order valence-electron chi connectivity index (χ4n) is 4.02. The van der Waals surface area contributed by atoms with Crippen LogP contribution in [-0.4, -0.2) is 23.9 Å². The number of benzene rings is 4. The molecule has 3 heteroatoms. The molecular formula is C31H31NO2. The number of hydrogen-bond acceptors (Lipinski definition) is 2. The zero-order chi connectivity index (χ0) is 23.8. The molecule has 0 spiro atoms. The van der Waals surface area contributed by atoms with E-state index in [9.17, 15) is 4.79 Å². The largest absolute Gasteiger partial charge is 0.489 e. The van der Waals surface area contributed by atoms with Gasteiger partial charge in [0.25, 0.3) is 0 Å². The van der Waals surface area contributed by atoms with Crippen LogP contribution in [0.15, 0.2) is 109 Å². The van der Waals surface area contributed by atoms with E-state index in [1.165, 1.54) is 5.56 Å². The first kappa shape index (κ1) is 23.3. The van der Waals surface area contributed by atoms with Gasteiger partial charge in [-0.25, -0.2) is 0 Å². The van der Waals surface area contributed by atoms with Crippen LogP contribution in [0.5, 0.6) is 5.75 Å². The normalized spacial score (nSPS) is 11.6. The lowest BCUT2D eigenvalue weighted by Crippen LogP contribution is -2.37. The van der Waals surface area contributed by atoms with E-state index in [2.05, 4.69) is 49.4 Å². The fourth-order valence-corrected chi connectivity index (χ4v) is 4.02. The Labute approximate surface area is 202 Å². The minimum Gasteiger partial charge on any atom is -0.489 e. The summed E-state index contributed by atoms with van der Waals surface area (Å²) in [5.74, 6) is 0.871. The van der Waals surface area contributed by atoms with Crippen molar-refractivity contribution in [2.45, 2.75) is 32.4 Å². The number of ether oxygens (including phenoxy) is 1. The van der Waals surface area contributed by atoms with Gasteiger partial charge in [0.05, 0.1) is 6.42 Å². The maximum atomic E-state index is 13.2. The monoisotopic (exact) mass is 449 g/mol. The van der Waals surface area contributed by atoms with Crippen molar-refractivity contribution in [1.29, 1.82) is 0 Å². The Kier molecular flexibility index (Phi) is 7.77. The fraction of sp³-hybridized carbons (Fsp3) is 0.194. The first-order valence-electron chi connectivity index (χ1n) is 11.7. The predicted molar refractivity (Wildman–Crippen MR) is 139 cm³/mol. The maximum Gasteiger partial charge on any atom is 0.226 e. The van der Waals surface area contributed by atoms with Crippen LogP contribution in [0.1, 0.15) is 23.6 Å². The molecule has 4 aromatic rings. The van der Waals surface area contributed by atoms with Crippen LogP contribution in [0.3, 0.4) is 0 Å². The number of carbonyl (C=O) groups is 1. The Morgan fingerprint density at radius 2 is 1.32 bits per heavy atom. The molecule has 0 bridgehead atoms. The van der Waals surface area contributed by atoms with Gasteiger partial charge in [-0.3, -0.25) is 4.79 Å². The number of carbonyl (C=O) groups excluding carboxylic acids is 1. The quantitative estimate of drug-likeness (QED) is 0.289. The average molecular weight is 450 g/mol. The Balaban J connectivity index is 1.51. The van der Waals surface area contributed by atoms with Crippen molar-refractivity contribution in [3.8, 4) is 16.9 Å². The summed E-state index contributed by atoms with van der Waals surface area (Å²) in [5.41, 5.74) is 5.45. The van der Waals surface area contributed by atoms with Crippen LogP contribution in [0.4, 0.5) is 0 Å². The summed E-state index contributed by atoms with van der Waals surface area (Å²) in [6, 6.07) is 36.9. The summed E-state index contributed by atoms with van der Waals surface area (Å²) in [7, 11) is 1.89. The molecule has 0 aliphatic heterocycles. The van der Waals surface area contributed by atoms with Gasteiger partial charge in [0.15, 0.2) is 0 Å². The van der Waals surface area contributed by atoms with Crippen LogP contribution in [0.25, 0.3) is 11.1 Å². The third-order valence-corrected chi connectivity index (χ3v) is 6.11. The molecule has 1 atom stereocenters. The van der Waals surface area contributed by atoms with Gasteiger partial charge in [-0.1, -0.05) is 97.1 Å². The predicted octanol–water partition coefficient (Wildman–Crippen LogP) is 6.56. The second-order valence-corrected chi connectivity index (χ2v) is 8.73. The second-order valence-electron chi connectivity index (χ2n) is 8.73. The van der Waals surface area contributed by atoms with Gasteiger partial charge < -0.3 is 9.64 Å². The van der Waals surface area contributed by atoms with E-state index < -0.39 is 0 Å². The van der Waals surface area contributed by atoms with Crippen molar-refractivity contribution in [3.63, 3.8) is 0 Å². The molecule has 172 valence electrons. The molecule has 4 aromatic carbocycles. The van der Waals surface area contributed by atoms with Gasteiger partial charge in [-0.15, -0.1) is 0 Å². The van der Waals surface area contributed by atoms with E-state index in [1.807, 2.05) is 78.7 Å². The number of hydrogen-bond donors (Lipinski definition) is 0. The summed E-state index contributed by atoms with van der Waals surface area (Å²) < 4.78 is 6.14. The lowest BCUT2D eigenvalue weighted by Gasteiger charge is -2.25. The highest BCUT2D eigenvalue weighted by Gasteiger charge is 2.17. The third-order valence-electron chi connectivity index (χ3n) is 6.11. The highest BCUT2D eigenvalue weighted by atomic mass is 16.5. The lowest BCUT2D eigenvalue weighted by atomic mass is 10.00. The summed E-state index contributed by atoms with van der Waals surface area (Å²) in [6.45, 7) is 2.58. The molecular weight excluding hydrogens is 418 g/mol. The molecule has 0 aliphatic rings. The van der Waals surface area contributed by atoms with Crippen molar-refractivity contribution in [2.75, 3.05) is 7.05 Å². The molecule has 0 aromatic heterocycles. The molecule has 0 N–H and O–H groups in total. The molecule has 1 amide bonds. The summed E-state index contributed by atoms with van der Waals surface area (Å²) >= 11 is 0.